The van der Waals surface area contributed by atoms with Crippen LogP contribution in [0, 0.1) is 5.82 Å². The number of hydrogen-bond acceptors (Lipinski definition) is 5. The van der Waals surface area contributed by atoms with Gasteiger partial charge in [-0.3, -0.25) is 19.3 Å². The van der Waals surface area contributed by atoms with Crippen molar-refractivity contribution in [3.8, 4) is 5.75 Å². The predicted octanol–water partition coefficient (Wildman–Crippen LogP) is 2.97. The first-order chi connectivity index (χ1) is 15.4. The fraction of sp³-hybridized carbons (Fsp3) is 0.375. The van der Waals surface area contributed by atoms with E-state index in [-0.39, 0.29) is 24.1 Å². The Morgan fingerprint density at radius 1 is 1.03 bits per heavy atom. The number of nitrogens with zero attached hydrogens (tertiary/aromatic N) is 2. The topological polar surface area (TPSA) is 79.0 Å². The molecule has 0 unspecified atom stereocenters. The van der Waals surface area contributed by atoms with Crippen LogP contribution in [0.25, 0.3) is 0 Å². The average molecular weight is 442 g/mol. The summed E-state index contributed by atoms with van der Waals surface area (Å²) in [6.45, 7) is 4.50. The van der Waals surface area contributed by atoms with Crippen molar-refractivity contribution in [1.29, 1.82) is 0 Å². The molecule has 1 saturated heterocycles. The molecule has 32 heavy (non-hydrogen) atoms. The third-order valence-electron chi connectivity index (χ3n) is 5.27. The lowest BCUT2D eigenvalue weighted by Gasteiger charge is -2.34. The number of anilines is 1. The van der Waals surface area contributed by atoms with Crippen molar-refractivity contribution in [3.05, 3.63) is 59.9 Å². The molecular formula is C24H28FN3O4. The van der Waals surface area contributed by atoms with Gasteiger partial charge in [0.1, 0.15) is 11.6 Å². The van der Waals surface area contributed by atoms with Crippen molar-refractivity contribution in [1.82, 2.24) is 9.80 Å². The SMILES string of the molecule is CC(=O)c1ccc(OCCCC(=O)N2CCN(CC(=O)Nc3cccc(F)c3)CC2)cc1. The molecule has 0 saturated carbocycles. The molecule has 2 aromatic carbocycles. The zero-order valence-electron chi connectivity index (χ0n) is 18.2. The monoisotopic (exact) mass is 441 g/mol. The highest BCUT2D eigenvalue weighted by Crippen LogP contribution is 2.14. The Hall–Kier alpha value is -3.26. The summed E-state index contributed by atoms with van der Waals surface area (Å²) in [5.41, 5.74) is 1.07. The van der Waals surface area contributed by atoms with Crippen molar-refractivity contribution in [2.24, 2.45) is 0 Å². The molecule has 0 aliphatic carbocycles. The molecule has 1 aliphatic heterocycles. The first-order valence-electron chi connectivity index (χ1n) is 10.7. The third kappa shape index (κ3) is 7.16. The van der Waals surface area contributed by atoms with Gasteiger partial charge in [-0.2, -0.15) is 0 Å². The number of carbonyl (C=O) groups is 3. The van der Waals surface area contributed by atoms with Gasteiger partial charge in [0.2, 0.25) is 11.8 Å². The van der Waals surface area contributed by atoms with Crippen LogP contribution in [0.4, 0.5) is 10.1 Å². The van der Waals surface area contributed by atoms with Crippen molar-refractivity contribution >= 4 is 23.3 Å². The minimum Gasteiger partial charge on any atom is -0.494 e. The summed E-state index contributed by atoms with van der Waals surface area (Å²) in [6, 6.07) is 12.7. The number of rotatable bonds is 9. The lowest BCUT2D eigenvalue weighted by Crippen LogP contribution is -2.50. The van der Waals surface area contributed by atoms with Crippen LogP contribution < -0.4 is 10.1 Å². The number of ether oxygens (including phenoxy) is 1. The molecule has 1 aliphatic rings. The molecule has 0 spiro atoms. The number of ketones is 1. The molecule has 7 nitrogen and oxygen atoms in total. The van der Waals surface area contributed by atoms with Crippen molar-refractivity contribution < 1.29 is 23.5 Å². The fourth-order valence-electron chi connectivity index (χ4n) is 3.48. The molecule has 2 amide bonds. The van der Waals surface area contributed by atoms with E-state index in [4.69, 9.17) is 4.74 Å². The fourth-order valence-corrected chi connectivity index (χ4v) is 3.48. The van der Waals surface area contributed by atoms with E-state index in [1.165, 1.54) is 19.1 Å². The van der Waals surface area contributed by atoms with Crippen LogP contribution in [0.1, 0.15) is 30.1 Å². The Balaban J connectivity index is 1.31. The van der Waals surface area contributed by atoms with Crippen LogP contribution in [0.15, 0.2) is 48.5 Å². The van der Waals surface area contributed by atoms with Crippen LogP contribution in [-0.2, 0) is 9.59 Å². The number of benzene rings is 2. The van der Waals surface area contributed by atoms with Crippen LogP contribution in [0.3, 0.4) is 0 Å². The van der Waals surface area contributed by atoms with E-state index in [2.05, 4.69) is 5.32 Å². The molecule has 1 heterocycles. The van der Waals surface area contributed by atoms with Gasteiger partial charge in [-0.15, -0.1) is 0 Å². The Morgan fingerprint density at radius 3 is 2.41 bits per heavy atom. The summed E-state index contributed by atoms with van der Waals surface area (Å²) in [7, 11) is 0. The Bertz CT molecular complexity index is 941. The van der Waals surface area contributed by atoms with E-state index >= 15 is 0 Å². The highest BCUT2D eigenvalue weighted by atomic mass is 19.1. The normalized spacial score (nSPS) is 14.1. The Labute approximate surface area is 187 Å². The van der Waals surface area contributed by atoms with Crippen LogP contribution in [-0.4, -0.2) is 66.7 Å². The smallest absolute Gasteiger partial charge is 0.238 e. The number of halogens is 1. The standard InChI is InChI=1S/C24H28FN3O4/c1-18(29)19-7-9-22(10-8-19)32-15-3-6-24(31)28-13-11-27(12-14-28)17-23(30)26-21-5-2-4-20(25)16-21/h2,4-5,7-10,16H,3,6,11-15,17H2,1H3,(H,26,30). The van der Waals surface area contributed by atoms with Gasteiger partial charge in [-0.1, -0.05) is 6.07 Å². The van der Waals surface area contributed by atoms with Crippen LogP contribution in [0.2, 0.25) is 0 Å². The largest absolute Gasteiger partial charge is 0.494 e. The van der Waals surface area contributed by atoms with Gasteiger partial charge in [0.15, 0.2) is 5.78 Å². The summed E-state index contributed by atoms with van der Waals surface area (Å²) in [5.74, 6) is 0.154. The third-order valence-corrected chi connectivity index (χ3v) is 5.27. The van der Waals surface area contributed by atoms with Crippen LogP contribution >= 0.6 is 0 Å². The number of amides is 2. The lowest BCUT2D eigenvalue weighted by molar-refractivity contribution is -0.133. The number of piperazine rings is 1. The van der Waals surface area contributed by atoms with Crippen LogP contribution in [0.5, 0.6) is 5.75 Å². The molecule has 0 bridgehead atoms. The van der Waals surface area contributed by atoms with E-state index in [9.17, 15) is 18.8 Å². The molecule has 3 rings (SSSR count). The van der Waals surface area contributed by atoms with Gasteiger partial charge in [-0.05, 0) is 55.8 Å². The van der Waals surface area contributed by atoms with Gasteiger partial charge < -0.3 is 15.0 Å². The zero-order valence-corrected chi connectivity index (χ0v) is 18.2. The quantitative estimate of drug-likeness (QED) is 0.478. The predicted molar refractivity (Wildman–Crippen MR) is 119 cm³/mol. The van der Waals surface area contributed by atoms with Gasteiger partial charge in [0.05, 0.1) is 13.2 Å². The highest BCUT2D eigenvalue weighted by Gasteiger charge is 2.22. The molecule has 0 radical (unpaired) electrons. The molecule has 8 heteroatoms. The van der Waals surface area contributed by atoms with E-state index in [0.717, 1.165) is 0 Å². The Morgan fingerprint density at radius 2 is 1.75 bits per heavy atom. The van der Waals surface area contributed by atoms with Gasteiger partial charge in [0.25, 0.3) is 0 Å². The minimum atomic E-state index is -0.397. The summed E-state index contributed by atoms with van der Waals surface area (Å²) in [5, 5.41) is 2.69. The van der Waals surface area contributed by atoms with E-state index < -0.39 is 5.82 Å². The molecule has 170 valence electrons. The first kappa shape index (κ1) is 23.4. The summed E-state index contributed by atoms with van der Waals surface area (Å²) in [4.78, 5) is 39.7. The maximum Gasteiger partial charge on any atom is 0.238 e. The molecule has 2 aromatic rings. The maximum absolute atomic E-state index is 13.2. The number of hydrogen-bond donors (Lipinski definition) is 1. The van der Waals surface area contributed by atoms with Gasteiger partial charge >= 0.3 is 0 Å². The van der Waals surface area contributed by atoms with E-state index in [1.54, 1.807) is 36.4 Å². The average Bonchev–Trinajstić information content (AvgIpc) is 2.77. The Kier molecular flexibility index (Phi) is 8.33. The van der Waals surface area contributed by atoms with Crippen molar-refractivity contribution in [2.45, 2.75) is 19.8 Å². The second kappa shape index (κ2) is 11.4. The second-order valence-corrected chi connectivity index (χ2v) is 7.75. The molecular weight excluding hydrogens is 413 g/mol. The number of nitrogens with one attached hydrogen (secondary N) is 1. The summed E-state index contributed by atoms with van der Waals surface area (Å²) >= 11 is 0. The summed E-state index contributed by atoms with van der Waals surface area (Å²) < 4.78 is 18.9. The minimum absolute atomic E-state index is 0.00876. The first-order valence-corrected chi connectivity index (χ1v) is 10.7. The maximum atomic E-state index is 13.2. The zero-order chi connectivity index (χ0) is 22.9. The number of carbonyl (C=O) groups excluding carboxylic acids is 3. The van der Waals surface area contributed by atoms with E-state index in [0.29, 0.717) is 62.6 Å². The number of Topliss-reactive ketones (excluding diaryl/α,β-unsaturated/α-hetero) is 1. The molecule has 0 aromatic heterocycles. The molecule has 0 atom stereocenters. The molecule has 1 fully saturated rings. The van der Waals surface area contributed by atoms with Gasteiger partial charge in [0, 0.05) is 43.9 Å². The van der Waals surface area contributed by atoms with E-state index in [1.807, 2.05) is 9.80 Å². The lowest BCUT2D eigenvalue weighted by atomic mass is 10.1. The van der Waals surface area contributed by atoms with Crippen molar-refractivity contribution in [3.63, 3.8) is 0 Å². The second-order valence-electron chi connectivity index (χ2n) is 7.75. The molecule has 1 N–H and O–H groups in total. The van der Waals surface area contributed by atoms with Gasteiger partial charge in [-0.25, -0.2) is 4.39 Å². The summed E-state index contributed by atoms with van der Waals surface area (Å²) in [6.07, 6.45) is 0.995. The highest BCUT2D eigenvalue weighted by molar-refractivity contribution is 5.94. The van der Waals surface area contributed by atoms with Crippen molar-refractivity contribution in [2.75, 3.05) is 44.6 Å².